The van der Waals surface area contributed by atoms with Crippen LogP contribution in [0.25, 0.3) is 0 Å². The molecule has 0 aliphatic heterocycles. The smallest absolute Gasteiger partial charge is 0.306 e. The van der Waals surface area contributed by atoms with Crippen molar-refractivity contribution in [3.8, 4) is 5.75 Å². The summed E-state index contributed by atoms with van der Waals surface area (Å²) in [6.45, 7) is 8.30. The Kier molecular flexibility index (Phi) is 17.5. The van der Waals surface area contributed by atoms with Gasteiger partial charge >= 0.3 is 5.97 Å². The zero-order valence-electron chi connectivity index (χ0n) is 23.2. The van der Waals surface area contributed by atoms with Crippen molar-refractivity contribution in [2.24, 2.45) is 0 Å². The van der Waals surface area contributed by atoms with E-state index in [0.717, 1.165) is 16.5 Å². The lowest BCUT2D eigenvalue weighted by molar-refractivity contribution is -0.154. The molecule has 0 amide bonds. The van der Waals surface area contributed by atoms with Crippen LogP contribution in [0.2, 0.25) is 5.02 Å². The molecule has 1 rings (SSSR count). The number of aliphatic hydroxyl groups excluding tert-OH is 1. The zero-order valence-corrected chi connectivity index (χ0v) is 25.5. The molecule has 0 heterocycles. The first-order chi connectivity index (χ1) is 18.1. The van der Waals surface area contributed by atoms with E-state index in [4.69, 9.17) is 30.5 Å². The summed E-state index contributed by atoms with van der Waals surface area (Å²) >= 11 is 10.1. The summed E-state index contributed by atoms with van der Waals surface area (Å²) in [5.41, 5.74) is 0.321. The maximum Gasteiger partial charge on any atom is 0.306 e. The summed E-state index contributed by atoms with van der Waals surface area (Å²) in [7, 11) is 1.61. The predicted molar refractivity (Wildman–Crippen MR) is 157 cm³/mol. The second-order valence-electron chi connectivity index (χ2n) is 9.61. The quantitative estimate of drug-likeness (QED) is 0.0823. The fourth-order valence-corrected chi connectivity index (χ4v) is 4.39. The number of rotatable bonds is 18. The number of aliphatic hydroxyl groups is 1. The predicted octanol–water partition coefficient (Wildman–Crippen LogP) is 6.68. The summed E-state index contributed by atoms with van der Waals surface area (Å²) in [6.07, 6.45) is 13.9. The minimum atomic E-state index is -0.506. The summed E-state index contributed by atoms with van der Waals surface area (Å²) < 4.78 is 22.7. The first-order valence-electron chi connectivity index (χ1n) is 12.8. The molecular formula is C29H43BrClNO6. The maximum absolute atomic E-state index is 12.2. The Labute approximate surface area is 241 Å². The number of ether oxygens (including phenoxy) is 4. The minimum absolute atomic E-state index is 0.0160. The highest BCUT2D eigenvalue weighted by Crippen LogP contribution is 2.38. The number of esters is 1. The van der Waals surface area contributed by atoms with Gasteiger partial charge in [0.05, 0.1) is 24.8 Å². The monoisotopic (exact) mass is 615 g/mol. The van der Waals surface area contributed by atoms with Gasteiger partial charge in [-0.25, -0.2) is 0 Å². The van der Waals surface area contributed by atoms with Gasteiger partial charge in [-0.3, -0.25) is 4.79 Å². The van der Waals surface area contributed by atoms with E-state index in [1.54, 1.807) is 13.2 Å². The summed E-state index contributed by atoms with van der Waals surface area (Å²) in [4.78, 5) is 12.2. The Morgan fingerprint density at radius 2 is 1.89 bits per heavy atom. The Morgan fingerprint density at radius 1 is 1.16 bits per heavy atom. The van der Waals surface area contributed by atoms with E-state index in [-0.39, 0.29) is 31.5 Å². The Hall–Kier alpha value is -1.68. The number of halogens is 2. The molecule has 0 bridgehead atoms. The highest BCUT2D eigenvalue weighted by Gasteiger charge is 2.23. The lowest BCUT2D eigenvalue weighted by Gasteiger charge is -2.26. The van der Waals surface area contributed by atoms with E-state index in [2.05, 4.69) is 21.2 Å². The van der Waals surface area contributed by atoms with Crippen molar-refractivity contribution in [1.29, 1.82) is 0 Å². The molecule has 0 radical (unpaired) electrons. The second kappa shape index (κ2) is 19.4. The van der Waals surface area contributed by atoms with Crippen LogP contribution in [0.15, 0.2) is 53.1 Å². The number of carbonyl (C=O) groups is 1. The molecule has 1 unspecified atom stereocenters. The van der Waals surface area contributed by atoms with Gasteiger partial charge in [0.2, 0.25) is 0 Å². The standard InChI is InChI=1S/C29H43BrClNO6/c1-6-7-8-9-10-13-23(20-33)32-26(14-11-12-15-27(34)38-29(2,3)4)24-18-22(30)19-25(31)28(24)37-21-36-17-16-35-5/h6-10,13,18-19,23,26,32-33H,11-12,14-17,20-21H2,1-5H3/b7-6-,9-8-,13-10+/t23-,26?/m1/s1. The van der Waals surface area contributed by atoms with Crippen molar-refractivity contribution in [2.75, 3.05) is 33.7 Å². The van der Waals surface area contributed by atoms with Crippen LogP contribution in [0.1, 0.15) is 65.0 Å². The van der Waals surface area contributed by atoms with Gasteiger partial charge in [0.15, 0.2) is 6.79 Å². The zero-order chi connectivity index (χ0) is 28.4. The van der Waals surface area contributed by atoms with Crippen molar-refractivity contribution in [3.63, 3.8) is 0 Å². The van der Waals surface area contributed by atoms with E-state index in [0.29, 0.717) is 43.2 Å². The van der Waals surface area contributed by atoms with Gasteiger partial charge in [0.1, 0.15) is 11.4 Å². The number of carbonyl (C=O) groups excluding carboxylic acids is 1. The van der Waals surface area contributed by atoms with Crippen LogP contribution in [-0.2, 0) is 19.0 Å². The molecule has 0 saturated heterocycles. The first kappa shape index (κ1) is 34.3. The van der Waals surface area contributed by atoms with Gasteiger partial charge in [-0.05, 0) is 52.7 Å². The maximum atomic E-state index is 12.2. The SMILES string of the molecule is C\C=C/C=C\C=C\[C@H](CO)NC(CCCCC(=O)OC(C)(C)C)c1cc(Br)cc(Cl)c1OCOCCOC. The van der Waals surface area contributed by atoms with Crippen molar-refractivity contribution in [3.05, 3.63) is 63.6 Å². The number of allylic oxidation sites excluding steroid dienone is 5. The van der Waals surface area contributed by atoms with E-state index in [1.165, 1.54) is 0 Å². The molecule has 0 aromatic heterocycles. The number of unbranched alkanes of at least 4 members (excludes halogenated alkanes) is 1. The molecule has 0 spiro atoms. The Morgan fingerprint density at radius 3 is 2.55 bits per heavy atom. The third-order valence-corrected chi connectivity index (χ3v) is 5.89. The molecule has 38 heavy (non-hydrogen) atoms. The normalized spacial score (nSPS) is 14.0. The molecule has 2 N–H and O–H groups in total. The third-order valence-electron chi connectivity index (χ3n) is 5.16. The van der Waals surface area contributed by atoms with Crippen LogP contribution >= 0.6 is 27.5 Å². The van der Waals surface area contributed by atoms with E-state index in [9.17, 15) is 9.90 Å². The van der Waals surface area contributed by atoms with Crippen molar-refractivity contribution in [2.45, 2.75) is 71.1 Å². The molecule has 1 aromatic rings. The highest BCUT2D eigenvalue weighted by molar-refractivity contribution is 9.10. The largest absolute Gasteiger partial charge is 0.466 e. The van der Waals surface area contributed by atoms with Crippen LogP contribution in [-0.4, -0.2) is 56.4 Å². The van der Waals surface area contributed by atoms with Crippen molar-refractivity contribution in [1.82, 2.24) is 5.32 Å². The second-order valence-corrected chi connectivity index (χ2v) is 10.9. The molecule has 214 valence electrons. The van der Waals surface area contributed by atoms with Gasteiger partial charge < -0.3 is 29.4 Å². The molecule has 0 aliphatic rings. The molecule has 0 fully saturated rings. The van der Waals surface area contributed by atoms with Crippen molar-refractivity contribution < 1.29 is 28.8 Å². The fourth-order valence-electron chi connectivity index (χ4n) is 3.50. The van der Waals surface area contributed by atoms with Gasteiger partial charge in [0.25, 0.3) is 0 Å². The van der Waals surface area contributed by atoms with Crippen molar-refractivity contribution >= 4 is 33.5 Å². The third kappa shape index (κ3) is 15.0. The van der Waals surface area contributed by atoms with E-state index in [1.807, 2.05) is 70.2 Å². The first-order valence-corrected chi connectivity index (χ1v) is 14.0. The number of nitrogens with one attached hydrogen (secondary N) is 1. The highest BCUT2D eigenvalue weighted by atomic mass is 79.9. The Balaban J connectivity index is 3.10. The molecule has 1 aromatic carbocycles. The number of hydrogen-bond acceptors (Lipinski definition) is 7. The minimum Gasteiger partial charge on any atom is -0.466 e. The molecule has 9 heteroatoms. The van der Waals surface area contributed by atoms with Crippen LogP contribution in [0.4, 0.5) is 0 Å². The fraction of sp³-hybridized carbons (Fsp3) is 0.552. The number of benzene rings is 1. The van der Waals surface area contributed by atoms with Crippen LogP contribution < -0.4 is 10.1 Å². The van der Waals surface area contributed by atoms with Gasteiger partial charge in [0, 0.05) is 35.7 Å². The van der Waals surface area contributed by atoms with Gasteiger partial charge in [-0.1, -0.05) is 70.4 Å². The van der Waals surface area contributed by atoms with Crippen LogP contribution in [0.3, 0.4) is 0 Å². The number of hydrogen-bond donors (Lipinski definition) is 2. The molecule has 0 saturated carbocycles. The van der Waals surface area contributed by atoms with Crippen LogP contribution in [0.5, 0.6) is 5.75 Å². The van der Waals surface area contributed by atoms with Crippen LogP contribution in [0, 0.1) is 0 Å². The lowest BCUT2D eigenvalue weighted by Crippen LogP contribution is -2.34. The van der Waals surface area contributed by atoms with E-state index >= 15 is 0 Å². The molecule has 2 atom stereocenters. The lowest BCUT2D eigenvalue weighted by atomic mass is 9.98. The number of methoxy groups -OCH3 is 1. The average molecular weight is 617 g/mol. The topological polar surface area (TPSA) is 86.3 Å². The Bertz CT molecular complexity index is 913. The van der Waals surface area contributed by atoms with E-state index < -0.39 is 5.60 Å². The van der Waals surface area contributed by atoms with Gasteiger partial charge in [-0.15, -0.1) is 0 Å². The average Bonchev–Trinajstić information content (AvgIpc) is 2.84. The molecule has 7 nitrogen and oxygen atoms in total. The molecule has 0 aliphatic carbocycles. The summed E-state index contributed by atoms with van der Waals surface area (Å²) in [5, 5.41) is 14.0. The molecular weight excluding hydrogens is 574 g/mol. The van der Waals surface area contributed by atoms with Gasteiger partial charge in [-0.2, -0.15) is 0 Å². The summed E-state index contributed by atoms with van der Waals surface area (Å²) in [5.74, 6) is 0.291. The summed E-state index contributed by atoms with van der Waals surface area (Å²) in [6, 6.07) is 3.18.